The molecule has 19 atom stereocenters. The summed E-state index contributed by atoms with van der Waals surface area (Å²) in [5, 5.41) is 75.7. The monoisotopic (exact) mass is 712 g/mol. The minimum absolute atomic E-state index is 0.0330. The van der Waals surface area contributed by atoms with Crippen LogP contribution in [0.3, 0.4) is 0 Å². The molecule has 6 fully saturated rings. The van der Waals surface area contributed by atoms with Crippen LogP contribution in [-0.4, -0.2) is 141 Å². The fourth-order valence-corrected chi connectivity index (χ4v) is 11.7. The fraction of sp³-hybridized carbons (Fsp3) is 0.917. The molecule has 2 saturated heterocycles. The zero-order valence-corrected chi connectivity index (χ0v) is 29.4. The van der Waals surface area contributed by atoms with Crippen molar-refractivity contribution >= 4 is 5.97 Å². The Morgan fingerprint density at radius 2 is 1.62 bits per heavy atom. The molecule has 0 amide bonds. The molecule has 4 aliphatic carbocycles. The van der Waals surface area contributed by atoms with Gasteiger partial charge in [-0.3, -0.25) is 0 Å². The molecule has 0 bridgehead atoms. The van der Waals surface area contributed by atoms with Gasteiger partial charge in [-0.05, 0) is 80.6 Å². The van der Waals surface area contributed by atoms with E-state index in [2.05, 4.69) is 13.8 Å². The van der Waals surface area contributed by atoms with Crippen LogP contribution in [0.5, 0.6) is 0 Å². The van der Waals surface area contributed by atoms with Gasteiger partial charge < -0.3 is 64.2 Å². The van der Waals surface area contributed by atoms with Gasteiger partial charge in [-0.2, -0.15) is 0 Å². The van der Waals surface area contributed by atoms with Gasteiger partial charge in [-0.1, -0.05) is 13.8 Å². The van der Waals surface area contributed by atoms with Gasteiger partial charge in [0.1, 0.15) is 49.3 Å². The number of cyclic esters (lactones) is 1. The summed E-state index contributed by atoms with van der Waals surface area (Å²) in [6.07, 6.45) is -5.43. The number of esters is 1. The molecule has 4 saturated carbocycles. The first-order chi connectivity index (χ1) is 23.7. The van der Waals surface area contributed by atoms with Crippen molar-refractivity contribution in [3.05, 3.63) is 11.6 Å². The van der Waals surface area contributed by atoms with E-state index in [-0.39, 0.29) is 41.8 Å². The molecule has 3 aliphatic heterocycles. The SMILES string of the molecule is COC1C(O)[C@H](O[C@H]2CC[C@@]3(C)[C@H](CC[C@@H]4[C@@H]3CC[C@]3(C)[C@@H](C5=CC(=O)OC5)[C@@H](O)C[C@]43O)C2)OC(C)[C@H]1O[C@@H]1OC(CO)[C@@H](O)C(O)C1O. The molecule has 7 aliphatic rings. The van der Waals surface area contributed by atoms with Gasteiger partial charge in [0.05, 0.1) is 30.5 Å². The van der Waals surface area contributed by atoms with Crippen molar-refractivity contribution in [2.45, 2.75) is 151 Å². The third kappa shape index (κ3) is 5.72. The summed E-state index contributed by atoms with van der Waals surface area (Å²) in [5.74, 6) is -0.0506. The van der Waals surface area contributed by atoms with E-state index < -0.39 is 85.1 Å². The summed E-state index contributed by atoms with van der Waals surface area (Å²) in [4.78, 5) is 11.9. The van der Waals surface area contributed by atoms with Crippen LogP contribution in [-0.2, 0) is 33.2 Å². The molecule has 0 radical (unpaired) electrons. The standard InChI is InChI=1S/C36H56O14/c1-16-30(50-32-28(42)27(41)26(40)23(14-37)49-32)31(45-4)29(43)33(47-16)48-19-7-9-34(2)18(12-19)5-6-21-20(34)8-10-35(3)25(17-11-24(39)46-15-17)22(38)13-36(21,35)44/h11,16,18-23,25-33,37-38,40-44H,5-10,12-15H2,1-4H3/t16?,18-,19+,20+,21-,22+,23?,25+,26-,27?,28?,29?,30-,31?,32+,33+,34+,35-,36+/m1/s1. The first kappa shape index (κ1) is 37.1. The van der Waals surface area contributed by atoms with Crippen LogP contribution in [0.25, 0.3) is 0 Å². The lowest BCUT2D eigenvalue weighted by molar-refractivity contribution is -0.362. The molecule has 0 aromatic heterocycles. The molecule has 0 aromatic rings. The van der Waals surface area contributed by atoms with Crippen LogP contribution >= 0.6 is 0 Å². The highest BCUT2D eigenvalue weighted by Crippen LogP contribution is 2.70. The Labute approximate surface area is 292 Å². The third-order valence-electron chi connectivity index (χ3n) is 14.4. The van der Waals surface area contributed by atoms with E-state index in [0.717, 1.165) is 50.5 Å². The molecule has 50 heavy (non-hydrogen) atoms. The van der Waals surface area contributed by atoms with E-state index in [0.29, 0.717) is 12.3 Å². The molecule has 6 unspecified atom stereocenters. The molecule has 7 rings (SSSR count). The number of hydrogen-bond donors (Lipinski definition) is 7. The van der Waals surface area contributed by atoms with Crippen LogP contribution in [0.4, 0.5) is 0 Å². The summed E-state index contributed by atoms with van der Waals surface area (Å²) in [6.45, 7) is 5.74. The van der Waals surface area contributed by atoms with Crippen molar-refractivity contribution in [3.8, 4) is 0 Å². The minimum Gasteiger partial charge on any atom is -0.458 e. The Morgan fingerprint density at radius 3 is 2.30 bits per heavy atom. The second kappa shape index (κ2) is 13.5. The molecular weight excluding hydrogens is 656 g/mol. The maximum Gasteiger partial charge on any atom is 0.331 e. The molecule has 0 aromatic carbocycles. The van der Waals surface area contributed by atoms with Gasteiger partial charge in [0, 0.05) is 30.9 Å². The number of hydrogen-bond acceptors (Lipinski definition) is 14. The quantitative estimate of drug-likeness (QED) is 0.136. The van der Waals surface area contributed by atoms with Crippen molar-refractivity contribution in [1.29, 1.82) is 0 Å². The van der Waals surface area contributed by atoms with Crippen molar-refractivity contribution < 1.29 is 69.0 Å². The predicted octanol–water partition coefficient (Wildman–Crippen LogP) is -0.0948. The normalized spacial score (nSPS) is 55.1. The lowest BCUT2D eigenvalue weighted by atomic mass is 9.43. The molecule has 7 N–H and O–H groups in total. The van der Waals surface area contributed by atoms with Crippen molar-refractivity contribution in [2.75, 3.05) is 20.3 Å². The second-order valence-corrected chi connectivity index (χ2v) is 16.7. The largest absolute Gasteiger partial charge is 0.458 e. The lowest BCUT2D eigenvalue weighted by Crippen LogP contribution is -2.64. The van der Waals surface area contributed by atoms with Gasteiger partial charge in [0.2, 0.25) is 0 Å². The number of fused-ring (bicyclic) bond motifs is 5. The first-order valence-corrected chi connectivity index (χ1v) is 18.4. The molecule has 284 valence electrons. The van der Waals surface area contributed by atoms with Crippen LogP contribution in [0.1, 0.15) is 72.1 Å². The van der Waals surface area contributed by atoms with Gasteiger partial charge in [0.25, 0.3) is 0 Å². The summed E-state index contributed by atoms with van der Waals surface area (Å²) < 4.78 is 35.0. The number of aliphatic hydroxyl groups is 7. The number of ether oxygens (including phenoxy) is 6. The molecule has 14 nitrogen and oxygen atoms in total. The summed E-state index contributed by atoms with van der Waals surface area (Å²) in [7, 11) is 1.42. The van der Waals surface area contributed by atoms with E-state index in [1.807, 2.05) is 0 Å². The Kier molecular flexibility index (Phi) is 10.0. The average molecular weight is 713 g/mol. The second-order valence-electron chi connectivity index (χ2n) is 16.7. The minimum atomic E-state index is -1.61. The highest BCUT2D eigenvalue weighted by Gasteiger charge is 2.70. The van der Waals surface area contributed by atoms with Crippen LogP contribution in [0.2, 0.25) is 0 Å². The van der Waals surface area contributed by atoms with E-state index in [4.69, 9.17) is 28.4 Å². The maximum atomic E-state index is 12.5. The van der Waals surface area contributed by atoms with Crippen molar-refractivity contribution in [2.24, 2.45) is 34.5 Å². The Morgan fingerprint density at radius 1 is 0.880 bits per heavy atom. The summed E-state index contributed by atoms with van der Waals surface area (Å²) in [5.41, 5.74) is -0.841. The molecule has 14 heteroatoms. The van der Waals surface area contributed by atoms with Crippen LogP contribution in [0.15, 0.2) is 11.6 Å². The number of rotatable bonds is 7. The first-order valence-electron chi connectivity index (χ1n) is 18.4. The molecule has 0 spiro atoms. The number of carbonyl (C=O) groups is 1. The summed E-state index contributed by atoms with van der Waals surface area (Å²) in [6, 6.07) is 0. The van der Waals surface area contributed by atoms with Crippen molar-refractivity contribution in [3.63, 3.8) is 0 Å². The highest BCUT2D eigenvalue weighted by atomic mass is 16.7. The Balaban J connectivity index is 1.000. The Bertz CT molecular complexity index is 1300. The van der Waals surface area contributed by atoms with E-state index in [1.54, 1.807) is 6.92 Å². The van der Waals surface area contributed by atoms with Gasteiger partial charge in [-0.15, -0.1) is 0 Å². The Hall–Kier alpha value is -1.27. The molecular formula is C36H56O14. The van der Waals surface area contributed by atoms with E-state index >= 15 is 0 Å². The number of carbonyl (C=O) groups excluding carboxylic acids is 1. The number of aliphatic hydroxyl groups excluding tert-OH is 6. The zero-order chi connectivity index (χ0) is 35.9. The van der Waals surface area contributed by atoms with Crippen LogP contribution < -0.4 is 0 Å². The maximum absolute atomic E-state index is 12.5. The topological polar surface area (TPSA) is 214 Å². The van der Waals surface area contributed by atoms with E-state index in [9.17, 15) is 40.5 Å². The lowest BCUT2D eigenvalue weighted by Gasteiger charge is -2.63. The fourth-order valence-electron chi connectivity index (χ4n) is 11.7. The predicted molar refractivity (Wildman–Crippen MR) is 172 cm³/mol. The van der Waals surface area contributed by atoms with Crippen LogP contribution in [0, 0.1) is 34.5 Å². The number of methoxy groups -OCH3 is 1. The highest BCUT2D eigenvalue weighted by molar-refractivity contribution is 5.85. The zero-order valence-electron chi connectivity index (χ0n) is 29.4. The summed E-state index contributed by atoms with van der Waals surface area (Å²) >= 11 is 0. The van der Waals surface area contributed by atoms with Gasteiger partial charge in [0.15, 0.2) is 12.6 Å². The average Bonchev–Trinajstić information content (AvgIpc) is 3.59. The van der Waals surface area contributed by atoms with E-state index in [1.165, 1.54) is 13.2 Å². The smallest absolute Gasteiger partial charge is 0.331 e. The van der Waals surface area contributed by atoms with Gasteiger partial charge >= 0.3 is 5.97 Å². The van der Waals surface area contributed by atoms with Crippen molar-refractivity contribution in [1.82, 2.24) is 0 Å². The third-order valence-corrected chi connectivity index (χ3v) is 14.4. The molecule has 3 heterocycles. The van der Waals surface area contributed by atoms with Gasteiger partial charge in [-0.25, -0.2) is 4.79 Å².